The standard InChI is InChI=1S/C25H29N7/c1-17-13-23-22(14-21(17)28-15-20-9-6-11-26-20)29-16-32(23)24-10-12-27-25(31-24)30-18(2)19-7-4-3-5-8-19/h3-5,7-8,10,12-14,16,18,20,26,28H,6,9,11,15H2,1-2H3,(H,27,30,31)/t18-,20-/m0/s1. The molecule has 2 aromatic carbocycles. The Morgan fingerprint density at radius 1 is 1.16 bits per heavy atom. The molecule has 0 unspecified atom stereocenters. The van der Waals surface area contributed by atoms with Gasteiger partial charge in [-0.3, -0.25) is 4.57 Å². The molecule has 3 heterocycles. The zero-order chi connectivity index (χ0) is 21.9. The fraction of sp³-hybridized carbons (Fsp3) is 0.320. The molecular formula is C25H29N7. The zero-order valence-electron chi connectivity index (χ0n) is 18.5. The molecule has 0 saturated carbocycles. The first-order chi connectivity index (χ1) is 15.7. The molecule has 1 saturated heterocycles. The SMILES string of the molecule is Cc1cc2c(cc1NC[C@@H]1CCCN1)ncn2-c1ccnc(N[C@@H](C)c2ccccc2)n1. The van der Waals surface area contributed by atoms with Gasteiger partial charge < -0.3 is 16.0 Å². The van der Waals surface area contributed by atoms with Gasteiger partial charge in [-0.05, 0) is 62.6 Å². The summed E-state index contributed by atoms with van der Waals surface area (Å²) >= 11 is 0. The van der Waals surface area contributed by atoms with E-state index in [-0.39, 0.29) is 6.04 Å². The van der Waals surface area contributed by atoms with E-state index in [0.717, 1.165) is 35.6 Å². The predicted octanol–water partition coefficient (Wildman–Crippen LogP) is 4.46. The molecule has 2 aromatic heterocycles. The van der Waals surface area contributed by atoms with Crippen LogP contribution in [0.5, 0.6) is 0 Å². The second kappa shape index (κ2) is 8.96. The van der Waals surface area contributed by atoms with Crippen LogP contribution in [-0.4, -0.2) is 38.7 Å². The molecule has 0 spiro atoms. The van der Waals surface area contributed by atoms with E-state index in [1.807, 2.05) is 35.2 Å². The number of benzene rings is 2. The van der Waals surface area contributed by atoms with E-state index in [2.05, 4.69) is 64.0 Å². The molecule has 2 atom stereocenters. The van der Waals surface area contributed by atoms with E-state index in [0.29, 0.717) is 12.0 Å². The third-order valence-electron chi connectivity index (χ3n) is 6.13. The molecular weight excluding hydrogens is 398 g/mol. The first-order valence-electron chi connectivity index (χ1n) is 11.3. The van der Waals surface area contributed by atoms with Crippen molar-refractivity contribution in [1.29, 1.82) is 0 Å². The summed E-state index contributed by atoms with van der Waals surface area (Å²) in [6.07, 6.45) is 6.11. The molecule has 0 amide bonds. The van der Waals surface area contributed by atoms with Crippen LogP contribution in [0.1, 0.15) is 36.9 Å². The topological polar surface area (TPSA) is 79.7 Å². The van der Waals surface area contributed by atoms with Crippen molar-refractivity contribution in [3.05, 3.63) is 72.2 Å². The fourth-order valence-electron chi connectivity index (χ4n) is 4.27. The van der Waals surface area contributed by atoms with Crippen LogP contribution in [-0.2, 0) is 0 Å². The van der Waals surface area contributed by atoms with Gasteiger partial charge in [0.2, 0.25) is 5.95 Å². The number of imidazole rings is 1. The Kier molecular flexibility index (Phi) is 5.73. The Balaban J connectivity index is 1.37. The van der Waals surface area contributed by atoms with Crippen molar-refractivity contribution in [2.75, 3.05) is 23.7 Å². The van der Waals surface area contributed by atoms with Crippen LogP contribution in [0, 0.1) is 6.92 Å². The van der Waals surface area contributed by atoms with Crippen molar-refractivity contribution in [2.45, 2.75) is 38.8 Å². The second-order valence-corrected chi connectivity index (χ2v) is 8.46. The number of nitrogens with zero attached hydrogens (tertiary/aromatic N) is 4. The van der Waals surface area contributed by atoms with Gasteiger partial charge in [0.15, 0.2) is 0 Å². The summed E-state index contributed by atoms with van der Waals surface area (Å²) < 4.78 is 2.02. The van der Waals surface area contributed by atoms with Gasteiger partial charge >= 0.3 is 0 Å². The number of rotatable bonds is 7. The largest absolute Gasteiger partial charge is 0.383 e. The first kappa shape index (κ1) is 20.5. The van der Waals surface area contributed by atoms with Crippen LogP contribution < -0.4 is 16.0 Å². The molecule has 0 bridgehead atoms. The molecule has 164 valence electrons. The van der Waals surface area contributed by atoms with Crippen molar-refractivity contribution in [3.8, 4) is 5.82 Å². The van der Waals surface area contributed by atoms with Crippen molar-refractivity contribution < 1.29 is 0 Å². The van der Waals surface area contributed by atoms with Crippen LogP contribution in [0.3, 0.4) is 0 Å². The minimum Gasteiger partial charge on any atom is -0.383 e. The van der Waals surface area contributed by atoms with E-state index >= 15 is 0 Å². The maximum absolute atomic E-state index is 4.75. The molecule has 1 aliphatic heterocycles. The van der Waals surface area contributed by atoms with Gasteiger partial charge in [-0.1, -0.05) is 30.3 Å². The monoisotopic (exact) mass is 427 g/mol. The molecule has 32 heavy (non-hydrogen) atoms. The average molecular weight is 428 g/mol. The quantitative estimate of drug-likeness (QED) is 0.404. The van der Waals surface area contributed by atoms with E-state index in [4.69, 9.17) is 4.98 Å². The summed E-state index contributed by atoms with van der Waals surface area (Å²) in [4.78, 5) is 13.8. The van der Waals surface area contributed by atoms with Crippen molar-refractivity contribution in [3.63, 3.8) is 0 Å². The summed E-state index contributed by atoms with van der Waals surface area (Å²) in [6.45, 7) is 6.30. The Bertz CT molecular complexity index is 1200. The van der Waals surface area contributed by atoms with Crippen LogP contribution >= 0.6 is 0 Å². The first-order valence-corrected chi connectivity index (χ1v) is 11.3. The van der Waals surface area contributed by atoms with Crippen molar-refractivity contribution >= 4 is 22.7 Å². The van der Waals surface area contributed by atoms with Gasteiger partial charge in [0.1, 0.15) is 12.1 Å². The van der Waals surface area contributed by atoms with Gasteiger partial charge in [0.25, 0.3) is 0 Å². The minimum absolute atomic E-state index is 0.108. The lowest BCUT2D eigenvalue weighted by Gasteiger charge is -2.15. The van der Waals surface area contributed by atoms with E-state index in [1.54, 1.807) is 6.20 Å². The maximum Gasteiger partial charge on any atom is 0.225 e. The molecule has 0 radical (unpaired) electrons. The highest BCUT2D eigenvalue weighted by Crippen LogP contribution is 2.25. The molecule has 7 heteroatoms. The lowest BCUT2D eigenvalue weighted by molar-refractivity contribution is 0.633. The summed E-state index contributed by atoms with van der Waals surface area (Å²) in [5, 5.41) is 10.5. The number of hydrogen-bond acceptors (Lipinski definition) is 6. The van der Waals surface area contributed by atoms with E-state index in [9.17, 15) is 0 Å². The Morgan fingerprint density at radius 2 is 2.03 bits per heavy atom. The highest BCUT2D eigenvalue weighted by Gasteiger charge is 2.15. The van der Waals surface area contributed by atoms with Crippen LogP contribution in [0.15, 0.2) is 61.1 Å². The van der Waals surface area contributed by atoms with Gasteiger partial charge in [-0.25, -0.2) is 9.97 Å². The van der Waals surface area contributed by atoms with Crippen LogP contribution in [0.25, 0.3) is 16.9 Å². The summed E-state index contributed by atoms with van der Waals surface area (Å²) in [7, 11) is 0. The lowest BCUT2D eigenvalue weighted by atomic mass is 10.1. The molecule has 3 N–H and O–H groups in total. The Morgan fingerprint density at radius 3 is 2.84 bits per heavy atom. The molecule has 0 aliphatic carbocycles. The summed E-state index contributed by atoms with van der Waals surface area (Å²) in [6, 6.07) is 17.2. The number of anilines is 2. The average Bonchev–Trinajstić information content (AvgIpc) is 3.48. The highest BCUT2D eigenvalue weighted by atomic mass is 15.2. The third kappa shape index (κ3) is 4.29. The summed E-state index contributed by atoms with van der Waals surface area (Å²) in [5.74, 6) is 1.39. The van der Waals surface area contributed by atoms with E-state index < -0.39 is 0 Å². The normalized spacial score (nSPS) is 16.9. The van der Waals surface area contributed by atoms with Crippen molar-refractivity contribution in [2.24, 2.45) is 0 Å². The van der Waals surface area contributed by atoms with Gasteiger partial charge in [0.05, 0.1) is 17.1 Å². The van der Waals surface area contributed by atoms with E-state index in [1.165, 1.54) is 24.0 Å². The smallest absolute Gasteiger partial charge is 0.225 e. The zero-order valence-corrected chi connectivity index (χ0v) is 18.5. The molecule has 1 fully saturated rings. The summed E-state index contributed by atoms with van der Waals surface area (Å²) in [5.41, 5.74) is 5.51. The van der Waals surface area contributed by atoms with Gasteiger partial charge in [0, 0.05) is 24.5 Å². The number of hydrogen-bond donors (Lipinski definition) is 3. The number of nitrogens with one attached hydrogen (secondary N) is 3. The Hall–Kier alpha value is -3.45. The lowest BCUT2D eigenvalue weighted by Crippen LogP contribution is -2.29. The Labute approximate surface area is 188 Å². The number of aromatic nitrogens is 4. The number of fused-ring (bicyclic) bond motifs is 1. The molecule has 4 aromatic rings. The maximum atomic E-state index is 4.75. The molecule has 1 aliphatic rings. The second-order valence-electron chi connectivity index (χ2n) is 8.46. The van der Waals surface area contributed by atoms with Crippen molar-refractivity contribution in [1.82, 2.24) is 24.8 Å². The molecule has 5 rings (SSSR count). The highest BCUT2D eigenvalue weighted by molar-refractivity contribution is 5.83. The molecule has 7 nitrogen and oxygen atoms in total. The minimum atomic E-state index is 0.108. The third-order valence-corrected chi connectivity index (χ3v) is 6.13. The fourth-order valence-corrected chi connectivity index (χ4v) is 4.27. The number of aryl methyl sites for hydroxylation is 1. The predicted molar refractivity (Wildman–Crippen MR) is 129 cm³/mol. The van der Waals surface area contributed by atoms with Crippen LogP contribution in [0.4, 0.5) is 11.6 Å². The van der Waals surface area contributed by atoms with Gasteiger partial charge in [-0.15, -0.1) is 0 Å². The van der Waals surface area contributed by atoms with Gasteiger partial charge in [-0.2, -0.15) is 4.98 Å². The van der Waals surface area contributed by atoms with Crippen LogP contribution in [0.2, 0.25) is 0 Å².